The smallest absolute Gasteiger partial charge is 0.242 e. The average Bonchev–Trinajstić information content (AvgIpc) is 2.47. The van der Waals surface area contributed by atoms with Gasteiger partial charge in [-0.15, -0.1) is 11.8 Å². The average molecular weight is 306 g/mol. The topological polar surface area (TPSA) is 49.4 Å². The minimum atomic E-state index is -0.300. The van der Waals surface area contributed by atoms with Gasteiger partial charge >= 0.3 is 0 Å². The summed E-state index contributed by atoms with van der Waals surface area (Å²) in [5.41, 5.74) is 2.47. The van der Waals surface area contributed by atoms with Crippen molar-refractivity contribution >= 4 is 23.6 Å². The molecule has 21 heavy (non-hydrogen) atoms. The van der Waals surface area contributed by atoms with E-state index in [0.29, 0.717) is 25.3 Å². The molecule has 0 aromatic heterocycles. The molecule has 1 aliphatic rings. The second-order valence-electron chi connectivity index (χ2n) is 5.28. The predicted octanol–water partition coefficient (Wildman–Crippen LogP) is 1.97. The van der Waals surface area contributed by atoms with Gasteiger partial charge in [-0.05, 0) is 18.9 Å². The highest BCUT2D eigenvalue weighted by atomic mass is 32.2. The molecule has 4 nitrogen and oxygen atoms in total. The van der Waals surface area contributed by atoms with Crippen molar-refractivity contribution in [3.63, 3.8) is 0 Å². The first kappa shape index (κ1) is 15.9. The SMILES string of the molecule is CCC1C(=O)NCCN1C(=O)CSCc1cccc(C)c1. The molecule has 0 spiro atoms. The molecule has 2 rings (SSSR count). The number of piperazine rings is 1. The van der Waals surface area contributed by atoms with Gasteiger partial charge in [0.2, 0.25) is 11.8 Å². The highest BCUT2D eigenvalue weighted by Gasteiger charge is 2.31. The summed E-state index contributed by atoms with van der Waals surface area (Å²) < 4.78 is 0. The fraction of sp³-hybridized carbons (Fsp3) is 0.500. The molecule has 0 saturated carbocycles. The Morgan fingerprint density at radius 2 is 2.29 bits per heavy atom. The molecular weight excluding hydrogens is 284 g/mol. The molecule has 5 heteroatoms. The molecule has 1 aliphatic heterocycles. The summed E-state index contributed by atoms with van der Waals surface area (Å²) >= 11 is 1.61. The normalized spacial score (nSPS) is 18.5. The monoisotopic (exact) mass is 306 g/mol. The molecule has 1 N–H and O–H groups in total. The Hall–Kier alpha value is -1.49. The van der Waals surface area contributed by atoms with Crippen molar-refractivity contribution in [2.24, 2.45) is 0 Å². The molecule has 1 atom stereocenters. The number of hydrogen-bond acceptors (Lipinski definition) is 3. The molecule has 0 aliphatic carbocycles. The van der Waals surface area contributed by atoms with Gasteiger partial charge in [-0.1, -0.05) is 36.8 Å². The van der Waals surface area contributed by atoms with Crippen LogP contribution in [0.2, 0.25) is 0 Å². The van der Waals surface area contributed by atoms with Crippen molar-refractivity contribution in [2.75, 3.05) is 18.8 Å². The first-order valence-electron chi connectivity index (χ1n) is 7.32. The number of carbonyl (C=O) groups excluding carboxylic acids is 2. The van der Waals surface area contributed by atoms with Gasteiger partial charge in [0.15, 0.2) is 0 Å². The zero-order valence-electron chi connectivity index (χ0n) is 12.6. The number of thioether (sulfide) groups is 1. The Morgan fingerprint density at radius 3 is 3.00 bits per heavy atom. The van der Waals surface area contributed by atoms with Gasteiger partial charge in [0, 0.05) is 18.8 Å². The summed E-state index contributed by atoms with van der Waals surface area (Å²) in [5.74, 6) is 1.29. The minimum absolute atomic E-state index is 0.0271. The van der Waals surface area contributed by atoms with Crippen LogP contribution in [0.25, 0.3) is 0 Å². The number of rotatable bonds is 5. The van der Waals surface area contributed by atoms with E-state index in [0.717, 1.165) is 5.75 Å². The molecule has 2 amide bonds. The number of benzene rings is 1. The largest absolute Gasteiger partial charge is 0.353 e. The fourth-order valence-electron chi connectivity index (χ4n) is 2.56. The van der Waals surface area contributed by atoms with E-state index in [2.05, 4.69) is 30.4 Å². The number of hydrogen-bond donors (Lipinski definition) is 1. The van der Waals surface area contributed by atoms with Crippen LogP contribution in [0.5, 0.6) is 0 Å². The maximum Gasteiger partial charge on any atom is 0.242 e. The predicted molar refractivity (Wildman–Crippen MR) is 86.1 cm³/mol. The molecule has 1 fully saturated rings. The summed E-state index contributed by atoms with van der Waals surface area (Å²) in [5, 5.41) is 2.82. The zero-order chi connectivity index (χ0) is 15.2. The van der Waals surface area contributed by atoms with Crippen molar-refractivity contribution < 1.29 is 9.59 Å². The molecule has 1 aromatic carbocycles. The van der Waals surface area contributed by atoms with Crippen LogP contribution in [0.15, 0.2) is 24.3 Å². The third kappa shape index (κ3) is 4.24. The summed E-state index contributed by atoms with van der Waals surface area (Å²) in [7, 11) is 0. The quantitative estimate of drug-likeness (QED) is 0.905. The van der Waals surface area contributed by atoms with E-state index >= 15 is 0 Å². The first-order chi connectivity index (χ1) is 10.1. The number of aryl methyl sites for hydroxylation is 1. The number of carbonyl (C=O) groups is 2. The number of nitrogens with zero attached hydrogens (tertiary/aromatic N) is 1. The molecule has 0 bridgehead atoms. The van der Waals surface area contributed by atoms with Crippen LogP contribution < -0.4 is 5.32 Å². The lowest BCUT2D eigenvalue weighted by Gasteiger charge is -2.34. The Morgan fingerprint density at radius 1 is 1.48 bits per heavy atom. The van der Waals surface area contributed by atoms with Crippen molar-refractivity contribution in [2.45, 2.75) is 32.1 Å². The van der Waals surface area contributed by atoms with Crippen molar-refractivity contribution in [1.29, 1.82) is 0 Å². The summed E-state index contributed by atoms with van der Waals surface area (Å²) in [6.07, 6.45) is 0.667. The van der Waals surface area contributed by atoms with Gasteiger partial charge in [-0.2, -0.15) is 0 Å². The molecule has 1 saturated heterocycles. The maximum atomic E-state index is 12.3. The molecule has 1 unspecified atom stereocenters. The Kier molecular flexibility index (Phi) is 5.67. The Balaban J connectivity index is 1.85. The van der Waals surface area contributed by atoms with E-state index in [4.69, 9.17) is 0 Å². The van der Waals surface area contributed by atoms with Gasteiger partial charge in [-0.25, -0.2) is 0 Å². The van der Waals surface area contributed by atoms with Gasteiger partial charge in [0.1, 0.15) is 6.04 Å². The summed E-state index contributed by atoms with van der Waals surface area (Å²) in [6, 6.07) is 8.02. The zero-order valence-corrected chi connectivity index (χ0v) is 13.4. The second kappa shape index (κ2) is 7.50. The van der Waals surface area contributed by atoms with Gasteiger partial charge in [0.05, 0.1) is 5.75 Å². The van der Waals surface area contributed by atoms with E-state index in [-0.39, 0.29) is 17.9 Å². The first-order valence-corrected chi connectivity index (χ1v) is 8.47. The van der Waals surface area contributed by atoms with Crippen LogP contribution in [0, 0.1) is 6.92 Å². The van der Waals surface area contributed by atoms with Crippen LogP contribution >= 0.6 is 11.8 Å². The standard InChI is InChI=1S/C16H22N2O2S/c1-3-14-16(20)17-7-8-18(14)15(19)11-21-10-13-6-4-5-12(2)9-13/h4-6,9,14H,3,7-8,10-11H2,1-2H3,(H,17,20). The van der Waals surface area contributed by atoms with Gasteiger partial charge in [0.25, 0.3) is 0 Å². The number of amides is 2. The Labute approximate surface area is 130 Å². The van der Waals surface area contributed by atoms with E-state index in [1.807, 2.05) is 13.0 Å². The Bertz CT molecular complexity index is 519. The lowest BCUT2D eigenvalue weighted by Crippen LogP contribution is -2.57. The van der Waals surface area contributed by atoms with Crippen molar-refractivity contribution in [3.8, 4) is 0 Å². The van der Waals surface area contributed by atoms with Crippen molar-refractivity contribution in [1.82, 2.24) is 10.2 Å². The van der Waals surface area contributed by atoms with Crippen LogP contribution in [0.3, 0.4) is 0 Å². The van der Waals surface area contributed by atoms with Gasteiger partial charge < -0.3 is 10.2 Å². The highest BCUT2D eigenvalue weighted by molar-refractivity contribution is 7.99. The summed E-state index contributed by atoms with van der Waals surface area (Å²) in [4.78, 5) is 25.8. The van der Waals surface area contributed by atoms with Gasteiger partial charge in [-0.3, -0.25) is 9.59 Å². The molecule has 0 radical (unpaired) electrons. The highest BCUT2D eigenvalue weighted by Crippen LogP contribution is 2.16. The number of nitrogens with one attached hydrogen (secondary N) is 1. The van der Waals surface area contributed by atoms with E-state index in [9.17, 15) is 9.59 Å². The third-order valence-electron chi connectivity index (χ3n) is 3.61. The molecule has 1 aromatic rings. The molecule has 1 heterocycles. The minimum Gasteiger partial charge on any atom is -0.353 e. The molecule has 114 valence electrons. The van der Waals surface area contributed by atoms with E-state index in [1.165, 1.54) is 11.1 Å². The lowest BCUT2D eigenvalue weighted by atomic mass is 10.1. The fourth-order valence-corrected chi connectivity index (χ4v) is 3.42. The molecular formula is C16H22N2O2S. The lowest BCUT2D eigenvalue weighted by molar-refractivity contribution is -0.141. The van der Waals surface area contributed by atoms with Crippen molar-refractivity contribution in [3.05, 3.63) is 35.4 Å². The summed E-state index contributed by atoms with van der Waals surface area (Å²) in [6.45, 7) is 5.19. The van der Waals surface area contributed by atoms with Crippen LogP contribution in [0.4, 0.5) is 0 Å². The van der Waals surface area contributed by atoms with Crippen LogP contribution in [-0.4, -0.2) is 41.6 Å². The van der Waals surface area contributed by atoms with E-state index < -0.39 is 0 Å². The van der Waals surface area contributed by atoms with Crippen LogP contribution in [0.1, 0.15) is 24.5 Å². The third-order valence-corrected chi connectivity index (χ3v) is 4.60. The van der Waals surface area contributed by atoms with E-state index in [1.54, 1.807) is 16.7 Å². The van der Waals surface area contributed by atoms with Crippen LogP contribution in [-0.2, 0) is 15.3 Å². The second-order valence-corrected chi connectivity index (χ2v) is 6.27. The maximum absolute atomic E-state index is 12.3.